The van der Waals surface area contributed by atoms with Crippen LogP contribution in [0.3, 0.4) is 0 Å². The van der Waals surface area contributed by atoms with Crippen molar-refractivity contribution in [2.24, 2.45) is 0 Å². The van der Waals surface area contributed by atoms with Crippen LogP contribution in [0.25, 0.3) is 0 Å². The quantitative estimate of drug-likeness (QED) is 0.920. The van der Waals surface area contributed by atoms with Gasteiger partial charge < -0.3 is 19.7 Å². The molecule has 2 atom stereocenters. The summed E-state index contributed by atoms with van der Waals surface area (Å²) in [5.74, 6) is 1.31. The second kappa shape index (κ2) is 5.93. The average Bonchev–Trinajstić information content (AvgIpc) is 2.85. The van der Waals surface area contributed by atoms with E-state index in [-0.39, 0.29) is 5.91 Å². The zero-order valence-electron chi connectivity index (χ0n) is 12.6. The molecular formula is C16H22N2O3. The molecule has 0 spiro atoms. The number of nitrogens with zero attached hydrogens (tertiary/aromatic N) is 1. The Morgan fingerprint density at radius 3 is 2.67 bits per heavy atom. The number of carbonyl (C=O) groups is 1. The molecule has 2 aliphatic rings. The molecular weight excluding hydrogens is 268 g/mol. The van der Waals surface area contributed by atoms with Gasteiger partial charge >= 0.3 is 0 Å². The Kier molecular flexibility index (Phi) is 4.01. The number of hydrogen-bond donors (Lipinski definition) is 1. The molecule has 5 nitrogen and oxygen atoms in total. The van der Waals surface area contributed by atoms with Gasteiger partial charge in [-0.15, -0.1) is 0 Å². The molecule has 1 N–H and O–H groups in total. The highest BCUT2D eigenvalue weighted by atomic mass is 16.5. The fourth-order valence-electron chi connectivity index (χ4n) is 3.28. The third kappa shape index (κ3) is 2.83. The summed E-state index contributed by atoms with van der Waals surface area (Å²) in [6, 6.07) is 6.38. The third-order valence-electron chi connectivity index (χ3n) is 4.44. The summed E-state index contributed by atoms with van der Waals surface area (Å²) in [6.07, 6.45) is 3.44. The van der Waals surface area contributed by atoms with Crippen molar-refractivity contribution in [1.82, 2.24) is 10.2 Å². The van der Waals surface area contributed by atoms with Gasteiger partial charge in [-0.05, 0) is 37.5 Å². The lowest BCUT2D eigenvalue weighted by molar-refractivity contribution is 0.0747. The molecule has 0 aromatic heterocycles. The molecule has 2 fully saturated rings. The Balaban J connectivity index is 1.78. The van der Waals surface area contributed by atoms with Gasteiger partial charge in [0.2, 0.25) is 0 Å². The van der Waals surface area contributed by atoms with Crippen LogP contribution in [-0.4, -0.2) is 50.2 Å². The molecule has 114 valence electrons. The van der Waals surface area contributed by atoms with E-state index in [4.69, 9.17) is 9.47 Å². The fraction of sp³-hybridized carbons (Fsp3) is 0.562. The van der Waals surface area contributed by atoms with Gasteiger partial charge in [0.15, 0.2) is 11.5 Å². The van der Waals surface area contributed by atoms with Crippen LogP contribution in [0.4, 0.5) is 0 Å². The maximum Gasteiger partial charge on any atom is 0.254 e. The zero-order valence-corrected chi connectivity index (χ0v) is 12.6. The number of amides is 1. The van der Waals surface area contributed by atoms with Gasteiger partial charge in [0.25, 0.3) is 5.91 Å². The van der Waals surface area contributed by atoms with Crippen molar-refractivity contribution in [3.63, 3.8) is 0 Å². The van der Waals surface area contributed by atoms with Crippen LogP contribution in [0, 0.1) is 0 Å². The maximum atomic E-state index is 12.7. The Bertz CT molecular complexity index is 532. The molecule has 1 amide bonds. The molecule has 0 saturated carbocycles. The molecule has 3 rings (SSSR count). The third-order valence-corrected chi connectivity index (χ3v) is 4.44. The molecule has 0 radical (unpaired) electrons. The lowest BCUT2D eigenvalue weighted by atomic mass is 10.1. The topological polar surface area (TPSA) is 50.8 Å². The predicted molar refractivity (Wildman–Crippen MR) is 80.0 cm³/mol. The number of hydrogen-bond acceptors (Lipinski definition) is 4. The summed E-state index contributed by atoms with van der Waals surface area (Å²) >= 11 is 0. The monoisotopic (exact) mass is 290 g/mol. The maximum absolute atomic E-state index is 12.7. The first-order valence-electron chi connectivity index (χ1n) is 7.48. The van der Waals surface area contributed by atoms with E-state index >= 15 is 0 Å². The van der Waals surface area contributed by atoms with Gasteiger partial charge in [-0.1, -0.05) is 0 Å². The number of carbonyl (C=O) groups excluding carboxylic acids is 1. The van der Waals surface area contributed by atoms with E-state index in [1.165, 1.54) is 12.8 Å². The van der Waals surface area contributed by atoms with Crippen LogP contribution in [0.5, 0.6) is 11.5 Å². The summed E-state index contributed by atoms with van der Waals surface area (Å²) in [6.45, 7) is 1.62. The van der Waals surface area contributed by atoms with E-state index in [9.17, 15) is 4.79 Å². The first-order chi connectivity index (χ1) is 10.2. The predicted octanol–water partition coefficient (Wildman–Crippen LogP) is 1.67. The largest absolute Gasteiger partial charge is 0.493 e. The second-order valence-corrected chi connectivity index (χ2v) is 5.75. The SMILES string of the molecule is COc1ccc(C(=O)N2CCC3CCC(C2)N3)cc1OC. The molecule has 0 aliphatic carbocycles. The van der Waals surface area contributed by atoms with Gasteiger partial charge in [0.1, 0.15) is 0 Å². The van der Waals surface area contributed by atoms with Crippen molar-refractivity contribution in [3.8, 4) is 11.5 Å². The molecule has 2 heterocycles. The van der Waals surface area contributed by atoms with Crippen LogP contribution in [0.2, 0.25) is 0 Å². The van der Waals surface area contributed by atoms with Crippen molar-refractivity contribution in [1.29, 1.82) is 0 Å². The highest BCUT2D eigenvalue weighted by molar-refractivity contribution is 5.95. The molecule has 21 heavy (non-hydrogen) atoms. The average molecular weight is 290 g/mol. The van der Waals surface area contributed by atoms with E-state index in [2.05, 4.69) is 5.32 Å². The minimum Gasteiger partial charge on any atom is -0.493 e. The number of benzene rings is 1. The first kappa shape index (κ1) is 14.2. The minimum atomic E-state index is 0.0744. The molecule has 5 heteroatoms. The zero-order chi connectivity index (χ0) is 14.8. The van der Waals surface area contributed by atoms with Crippen LogP contribution in [-0.2, 0) is 0 Å². The van der Waals surface area contributed by atoms with Crippen LogP contribution >= 0.6 is 0 Å². The standard InChI is InChI=1S/C16H22N2O3/c1-20-14-6-3-11(9-15(14)21-2)16(19)18-8-7-12-4-5-13(10-18)17-12/h3,6,9,12-13,17H,4-5,7-8,10H2,1-2H3. The van der Waals surface area contributed by atoms with Crippen molar-refractivity contribution in [2.45, 2.75) is 31.3 Å². The number of ether oxygens (including phenoxy) is 2. The summed E-state index contributed by atoms with van der Waals surface area (Å²) in [5.41, 5.74) is 0.658. The van der Waals surface area contributed by atoms with Crippen molar-refractivity contribution < 1.29 is 14.3 Å². The van der Waals surface area contributed by atoms with E-state index in [0.29, 0.717) is 29.1 Å². The molecule has 1 aromatic rings. The summed E-state index contributed by atoms with van der Waals surface area (Å²) < 4.78 is 10.5. The first-order valence-corrected chi connectivity index (χ1v) is 7.48. The molecule has 2 aliphatic heterocycles. The number of methoxy groups -OCH3 is 2. The van der Waals surface area contributed by atoms with Crippen molar-refractivity contribution >= 4 is 5.91 Å². The lowest BCUT2D eigenvalue weighted by Crippen LogP contribution is -2.39. The summed E-state index contributed by atoms with van der Waals surface area (Å²) in [5, 5.41) is 3.59. The van der Waals surface area contributed by atoms with E-state index < -0.39 is 0 Å². The smallest absolute Gasteiger partial charge is 0.254 e. The normalized spacial score (nSPS) is 24.6. The molecule has 2 bridgehead atoms. The number of fused-ring (bicyclic) bond motifs is 2. The highest BCUT2D eigenvalue weighted by Gasteiger charge is 2.31. The van der Waals surface area contributed by atoms with Crippen LogP contribution in [0.15, 0.2) is 18.2 Å². The van der Waals surface area contributed by atoms with E-state index in [0.717, 1.165) is 19.5 Å². The van der Waals surface area contributed by atoms with Gasteiger partial charge in [-0.2, -0.15) is 0 Å². The molecule has 1 aromatic carbocycles. The van der Waals surface area contributed by atoms with Gasteiger partial charge in [-0.3, -0.25) is 4.79 Å². The Hall–Kier alpha value is -1.75. The number of nitrogens with one attached hydrogen (secondary N) is 1. The Labute approximate surface area is 125 Å². The number of rotatable bonds is 3. The molecule has 2 saturated heterocycles. The lowest BCUT2D eigenvalue weighted by Gasteiger charge is -2.24. The van der Waals surface area contributed by atoms with Gasteiger partial charge in [0.05, 0.1) is 14.2 Å². The summed E-state index contributed by atoms with van der Waals surface area (Å²) in [7, 11) is 3.18. The van der Waals surface area contributed by atoms with Crippen molar-refractivity contribution in [3.05, 3.63) is 23.8 Å². The van der Waals surface area contributed by atoms with Gasteiger partial charge in [0, 0.05) is 30.7 Å². The van der Waals surface area contributed by atoms with Gasteiger partial charge in [-0.25, -0.2) is 0 Å². The molecule has 2 unspecified atom stereocenters. The van der Waals surface area contributed by atoms with Crippen LogP contribution < -0.4 is 14.8 Å². The van der Waals surface area contributed by atoms with Crippen molar-refractivity contribution in [2.75, 3.05) is 27.3 Å². The Morgan fingerprint density at radius 2 is 1.90 bits per heavy atom. The van der Waals surface area contributed by atoms with E-state index in [1.54, 1.807) is 32.4 Å². The highest BCUT2D eigenvalue weighted by Crippen LogP contribution is 2.29. The Morgan fingerprint density at radius 1 is 1.14 bits per heavy atom. The van der Waals surface area contributed by atoms with E-state index in [1.807, 2.05) is 4.90 Å². The van der Waals surface area contributed by atoms with Crippen LogP contribution in [0.1, 0.15) is 29.6 Å². The number of likely N-dealkylation sites (tertiary alicyclic amines) is 1. The second-order valence-electron chi connectivity index (χ2n) is 5.75. The summed E-state index contributed by atoms with van der Waals surface area (Å²) in [4.78, 5) is 14.7. The minimum absolute atomic E-state index is 0.0744. The fourth-order valence-corrected chi connectivity index (χ4v) is 3.28.